The summed E-state index contributed by atoms with van der Waals surface area (Å²) in [6.45, 7) is 9.31. The van der Waals surface area contributed by atoms with E-state index in [2.05, 4.69) is 40.4 Å². The van der Waals surface area contributed by atoms with Crippen LogP contribution in [0.2, 0.25) is 0 Å². The van der Waals surface area contributed by atoms with Gasteiger partial charge in [0.2, 0.25) is 14.9 Å². The molecule has 0 unspecified atom stereocenters. The van der Waals surface area contributed by atoms with Gasteiger partial charge in [0.05, 0.1) is 13.1 Å². The highest BCUT2D eigenvalue weighted by Crippen LogP contribution is 2.24. The molecular formula is C15H22N4O3S. The van der Waals surface area contributed by atoms with Crippen LogP contribution in [0.5, 0.6) is 0 Å². The number of rotatable bonds is 3. The summed E-state index contributed by atoms with van der Waals surface area (Å²) in [6.07, 6.45) is 1.15. The fourth-order valence-electron chi connectivity index (χ4n) is 2.76. The summed E-state index contributed by atoms with van der Waals surface area (Å²) < 4.78 is 30.5. The summed E-state index contributed by atoms with van der Waals surface area (Å²) in [5, 5.41) is 8.65. The number of hydrogen-bond donors (Lipinski definition) is 0. The second-order valence-electron chi connectivity index (χ2n) is 7.05. The molecule has 2 aromatic rings. The van der Waals surface area contributed by atoms with Gasteiger partial charge in [0.1, 0.15) is 17.4 Å². The van der Waals surface area contributed by atoms with Crippen molar-refractivity contribution in [3.05, 3.63) is 29.5 Å². The molecule has 0 aliphatic carbocycles. The number of aromatic nitrogens is 3. The van der Waals surface area contributed by atoms with Crippen molar-refractivity contribution in [3.8, 4) is 0 Å². The minimum Gasteiger partial charge on any atom is -0.448 e. The van der Waals surface area contributed by atoms with Crippen LogP contribution in [0.3, 0.4) is 0 Å². The second kappa shape index (κ2) is 5.45. The first-order valence-electron chi connectivity index (χ1n) is 7.58. The van der Waals surface area contributed by atoms with Gasteiger partial charge in [-0.2, -0.15) is 0 Å². The maximum atomic E-state index is 11.5. The summed E-state index contributed by atoms with van der Waals surface area (Å²) in [5.41, 5.74) is -0.0290. The fourth-order valence-corrected chi connectivity index (χ4v) is 3.33. The van der Waals surface area contributed by atoms with E-state index in [0.717, 1.165) is 31.0 Å². The van der Waals surface area contributed by atoms with Crippen LogP contribution in [0, 0.1) is 0 Å². The molecule has 0 N–H and O–H groups in total. The highest BCUT2D eigenvalue weighted by molar-refractivity contribution is 7.90. The molecule has 23 heavy (non-hydrogen) atoms. The lowest BCUT2D eigenvalue weighted by molar-refractivity contribution is 0.186. The van der Waals surface area contributed by atoms with Gasteiger partial charge in [-0.15, -0.1) is 10.2 Å². The molecule has 2 aromatic heterocycles. The first-order valence-corrected chi connectivity index (χ1v) is 9.47. The first-order chi connectivity index (χ1) is 10.6. The maximum absolute atomic E-state index is 11.5. The van der Waals surface area contributed by atoms with Crippen LogP contribution in [0.25, 0.3) is 0 Å². The van der Waals surface area contributed by atoms with Crippen LogP contribution >= 0.6 is 0 Å². The third-order valence-electron chi connectivity index (χ3n) is 3.88. The summed E-state index contributed by atoms with van der Waals surface area (Å²) in [5.74, 6) is 2.59. The van der Waals surface area contributed by atoms with E-state index < -0.39 is 9.84 Å². The number of hydrogen-bond acceptors (Lipinski definition) is 6. The predicted molar refractivity (Wildman–Crippen MR) is 84.7 cm³/mol. The van der Waals surface area contributed by atoms with Gasteiger partial charge in [-0.1, -0.05) is 20.8 Å². The Labute approximate surface area is 136 Å². The van der Waals surface area contributed by atoms with Crippen LogP contribution in [-0.2, 0) is 34.9 Å². The Balaban J connectivity index is 1.73. The first kappa shape index (κ1) is 16.2. The second-order valence-corrected chi connectivity index (χ2v) is 8.99. The molecule has 0 atom stereocenters. The van der Waals surface area contributed by atoms with Gasteiger partial charge in [0, 0.05) is 24.8 Å². The Morgan fingerprint density at radius 1 is 1.22 bits per heavy atom. The average Bonchev–Trinajstić information content (AvgIpc) is 3.03. The maximum Gasteiger partial charge on any atom is 0.217 e. The molecular weight excluding hydrogens is 316 g/mol. The summed E-state index contributed by atoms with van der Waals surface area (Å²) >= 11 is 0. The van der Waals surface area contributed by atoms with Crippen LogP contribution in [0.4, 0.5) is 0 Å². The highest BCUT2D eigenvalue weighted by Gasteiger charge is 2.27. The van der Waals surface area contributed by atoms with Crippen molar-refractivity contribution in [1.29, 1.82) is 0 Å². The topological polar surface area (TPSA) is 81.2 Å². The number of sulfone groups is 1. The van der Waals surface area contributed by atoms with Gasteiger partial charge in [-0.05, 0) is 12.1 Å². The van der Waals surface area contributed by atoms with Gasteiger partial charge in [-0.25, -0.2) is 8.42 Å². The van der Waals surface area contributed by atoms with Crippen LogP contribution in [0.1, 0.15) is 38.2 Å². The zero-order valence-corrected chi connectivity index (χ0v) is 14.7. The Bertz CT molecular complexity index is 814. The van der Waals surface area contributed by atoms with E-state index in [0.29, 0.717) is 18.8 Å². The average molecular weight is 338 g/mol. The number of furan rings is 1. The summed E-state index contributed by atoms with van der Waals surface area (Å²) in [6, 6.07) is 3.23. The molecule has 0 aromatic carbocycles. The van der Waals surface area contributed by atoms with E-state index in [4.69, 9.17) is 4.42 Å². The zero-order valence-electron chi connectivity index (χ0n) is 13.9. The fraction of sp³-hybridized carbons (Fsp3) is 0.600. The molecule has 8 heteroatoms. The van der Waals surface area contributed by atoms with Crippen molar-refractivity contribution in [2.24, 2.45) is 0 Å². The SMILES string of the molecule is CC(C)(C)c1nnc2n1CCN(Cc1ccc(S(C)(=O)=O)o1)C2. The van der Waals surface area contributed by atoms with Gasteiger partial charge >= 0.3 is 0 Å². The van der Waals surface area contributed by atoms with Crippen molar-refractivity contribution in [2.75, 3.05) is 12.8 Å². The lowest BCUT2D eigenvalue weighted by Crippen LogP contribution is -2.35. The van der Waals surface area contributed by atoms with E-state index in [1.165, 1.54) is 6.07 Å². The molecule has 0 radical (unpaired) electrons. The van der Waals surface area contributed by atoms with Crippen molar-refractivity contribution in [1.82, 2.24) is 19.7 Å². The Kier molecular flexibility index (Phi) is 3.84. The van der Waals surface area contributed by atoms with E-state index in [9.17, 15) is 8.42 Å². The molecule has 0 spiro atoms. The van der Waals surface area contributed by atoms with Gasteiger partial charge in [0.15, 0.2) is 0 Å². The summed E-state index contributed by atoms with van der Waals surface area (Å²) in [7, 11) is -3.30. The minimum atomic E-state index is -3.30. The van der Waals surface area contributed by atoms with E-state index >= 15 is 0 Å². The molecule has 3 rings (SSSR count). The lowest BCUT2D eigenvalue weighted by Gasteiger charge is -2.29. The standard InChI is InChI=1S/C15H22N4O3S/c1-15(2,3)14-17-16-12-10-18(7-8-19(12)14)9-11-5-6-13(22-11)23(4,20)21/h5-6H,7-10H2,1-4H3. The molecule has 7 nitrogen and oxygen atoms in total. The highest BCUT2D eigenvalue weighted by atomic mass is 32.2. The van der Waals surface area contributed by atoms with Gasteiger partial charge in [0.25, 0.3) is 0 Å². The lowest BCUT2D eigenvalue weighted by atomic mass is 9.95. The summed E-state index contributed by atoms with van der Waals surface area (Å²) in [4.78, 5) is 2.18. The Morgan fingerprint density at radius 3 is 2.57 bits per heavy atom. The van der Waals surface area contributed by atoms with Gasteiger partial charge in [-0.3, -0.25) is 4.90 Å². The molecule has 1 aliphatic heterocycles. The van der Waals surface area contributed by atoms with Crippen molar-refractivity contribution < 1.29 is 12.8 Å². The van der Waals surface area contributed by atoms with Gasteiger partial charge < -0.3 is 8.98 Å². The van der Waals surface area contributed by atoms with Crippen LogP contribution < -0.4 is 0 Å². The van der Waals surface area contributed by atoms with Crippen LogP contribution in [0.15, 0.2) is 21.6 Å². The zero-order chi connectivity index (χ0) is 16.8. The normalized spacial score (nSPS) is 16.5. The molecule has 0 bridgehead atoms. The molecule has 0 saturated heterocycles. The molecule has 1 aliphatic rings. The van der Waals surface area contributed by atoms with Crippen molar-refractivity contribution >= 4 is 9.84 Å². The third-order valence-corrected chi connectivity index (χ3v) is 4.84. The smallest absolute Gasteiger partial charge is 0.217 e. The largest absolute Gasteiger partial charge is 0.448 e. The minimum absolute atomic E-state index is 0.0164. The molecule has 0 fully saturated rings. The molecule has 0 saturated carbocycles. The predicted octanol–water partition coefficient (Wildman–Crippen LogP) is 1.59. The Morgan fingerprint density at radius 2 is 1.96 bits per heavy atom. The number of nitrogens with zero attached hydrogens (tertiary/aromatic N) is 4. The molecule has 3 heterocycles. The third kappa shape index (κ3) is 3.32. The monoisotopic (exact) mass is 338 g/mol. The van der Waals surface area contributed by atoms with E-state index in [1.54, 1.807) is 6.07 Å². The Hall–Kier alpha value is -1.67. The van der Waals surface area contributed by atoms with E-state index in [1.807, 2.05) is 0 Å². The quantitative estimate of drug-likeness (QED) is 0.845. The van der Waals surface area contributed by atoms with E-state index in [-0.39, 0.29) is 10.5 Å². The van der Waals surface area contributed by atoms with Crippen molar-refractivity contribution in [2.45, 2.75) is 50.9 Å². The van der Waals surface area contributed by atoms with Crippen LogP contribution in [-0.4, -0.2) is 40.9 Å². The molecule has 126 valence electrons. The van der Waals surface area contributed by atoms with Crippen molar-refractivity contribution in [3.63, 3.8) is 0 Å². The number of fused-ring (bicyclic) bond motifs is 1. The molecule has 0 amide bonds.